The maximum absolute atomic E-state index is 2.24. The van der Waals surface area contributed by atoms with E-state index in [0.29, 0.717) is 0 Å². The normalized spacial score (nSPS) is 14.0. The second-order valence-corrected chi connectivity index (χ2v) is 4.52. The van der Waals surface area contributed by atoms with Gasteiger partial charge in [0.05, 0.1) is 0 Å². The van der Waals surface area contributed by atoms with Gasteiger partial charge in [0.25, 0.3) is 0 Å². The molecule has 1 aromatic rings. The molecule has 0 bridgehead atoms. The van der Waals surface area contributed by atoms with E-state index < -0.39 is 0 Å². The summed E-state index contributed by atoms with van der Waals surface area (Å²) >= 11 is 3.80. The molecule has 1 heterocycles. The first-order valence-corrected chi connectivity index (χ1v) is 5.50. The highest BCUT2D eigenvalue weighted by Gasteiger charge is 2.06. The first-order chi connectivity index (χ1) is 5.47. The van der Waals surface area contributed by atoms with Gasteiger partial charge in [0.1, 0.15) is 0 Å². The molecule has 0 amide bonds. The number of halogens is 2. The van der Waals surface area contributed by atoms with Gasteiger partial charge in [-0.1, -0.05) is 30.3 Å². The van der Waals surface area contributed by atoms with Gasteiger partial charge < -0.3 is 0 Å². The average molecular weight is 253 g/mol. The van der Waals surface area contributed by atoms with Crippen molar-refractivity contribution in [2.75, 3.05) is 5.08 Å². The molecule has 4 heteroatoms. The van der Waals surface area contributed by atoms with Crippen LogP contribution in [0.15, 0.2) is 35.7 Å². The van der Waals surface area contributed by atoms with E-state index in [-0.39, 0.29) is 24.8 Å². The monoisotopic (exact) mass is 252 g/mol. The fourth-order valence-electron chi connectivity index (χ4n) is 0.995. The highest BCUT2D eigenvalue weighted by atomic mass is 35.5. The Morgan fingerprint density at radius 2 is 1.69 bits per heavy atom. The summed E-state index contributed by atoms with van der Waals surface area (Å²) in [6, 6.07) is 10.5. The summed E-state index contributed by atoms with van der Waals surface area (Å²) in [4.78, 5) is 1.41. The van der Waals surface area contributed by atoms with Crippen LogP contribution in [0.1, 0.15) is 5.56 Å². The minimum absolute atomic E-state index is 0. The molecule has 0 unspecified atom stereocenters. The van der Waals surface area contributed by atoms with Crippen molar-refractivity contribution in [2.45, 2.75) is 0 Å². The molecular weight excluding hydrogens is 243 g/mol. The minimum atomic E-state index is 0. The Balaban J connectivity index is 0.000000720. The number of benzene rings is 1. The highest BCUT2D eigenvalue weighted by Crippen LogP contribution is 2.38. The van der Waals surface area contributed by atoms with Crippen molar-refractivity contribution in [2.24, 2.45) is 0 Å². The summed E-state index contributed by atoms with van der Waals surface area (Å²) in [5, 5.41) is 3.41. The first-order valence-electron chi connectivity index (χ1n) is 3.47. The van der Waals surface area contributed by atoms with Crippen LogP contribution in [0.3, 0.4) is 0 Å². The predicted molar refractivity (Wildman–Crippen MR) is 69.0 cm³/mol. The van der Waals surface area contributed by atoms with E-state index in [4.69, 9.17) is 0 Å². The fourth-order valence-corrected chi connectivity index (χ4v) is 3.11. The van der Waals surface area contributed by atoms with E-state index in [9.17, 15) is 0 Å². The lowest BCUT2D eigenvalue weighted by molar-refractivity contribution is 1.66. The van der Waals surface area contributed by atoms with Crippen LogP contribution in [0.2, 0.25) is 0 Å². The van der Waals surface area contributed by atoms with Crippen LogP contribution >= 0.6 is 48.3 Å². The van der Waals surface area contributed by atoms with Crippen molar-refractivity contribution in [3.8, 4) is 0 Å². The second kappa shape index (κ2) is 6.66. The standard InChI is InChI=1S/C9H8S2.2ClH/c1-2-4-8(5-3-1)9-6-10-7-11-9;;/h1-6H,7H2;2*1H. The van der Waals surface area contributed by atoms with Gasteiger partial charge in [-0.2, -0.15) is 0 Å². The molecule has 0 nitrogen and oxygen atoms in total. The number of hydrogen-bond donors (Lipinski definition) is 0. The van der Waals surface area contributed by atoms with Crippen LogP contribution in [0.5, 0.6) is 0 Å². The lowest BCUT2D eigenvalue weighted by atomic mass is 10.2. The van der Waals surface area contributed by atoms with Gasteiger partial charge >= 0.3 is 0 Å². The smallest absolute Gasteiger partial charge is 0.0481 e. The van der Waals surface area contributed by atoms with Gasteiger partial charge in [0, 0.05) is 9.99 Å². The Morgan fingerprint density at radius 3 is 2.23 bits per heavy atom. The maximum Gasteiger partial charge on any atom is 0.0481 e. The fraction of sp³-hybridized carbons (Fsp3) is 0.111. The molecule has 0 aromatic heterocycles. The van der Waals surface area contributed by atoms with Gasteiger partial charge in [-0.25, -0.2) is 0 Å². The summed E-state index contributed by atoms with van der Waals surface area (Å²) in [6.07, 6.45) is 0. The second-order valence-electron chi connectivity index (χ2n) is 2.28. The molecule has 2 rings (SSSR count). The molecule has 72 valence electrons. The molecule has 1 aliphatic heterocycles. The molecule has 0 atom stereocenters. The Hall–Kier alpha value is 0.240. The van der Waals surface area contributed by atoms with Crippen molar-refractivity contribution in [1.82, 2.24) is 0 Å². The van der Waals surface area contributed by atoms with Crippen LogP contribution in [-0.4, -0.2) is 5.08 Å². The molecule has 1 aromatic carbocycles. The molecule has 1 aliphatic rings. The Labute approximate surface area is 99.4 Å². The third-order valence-corrected chi connectivity index (χ3v) is 3.76. The van der Waals surface area contributed by atoms with Crippen molar-refractivity contribution in [3.63, 3.8) is 0 Å². The lowest BCUT2D eigenvalue weighted by Gasteiger charge is -1.97. The molecule has 0 spiro atoms. The molecule has 0 radical (unpaired) electrons. The number of rotatable bonds is 1. The zero-order chi connectivity index (χ0) is 7.52. The Bertz CT molecular complexity index is 272. The topological polar surface area (TPSA) is 0 Å². The molecule has 0 aliphatic carbocycles. The van der Waals surface area contributed by atoms with Crippen LogP contribution in [-0.2, 0) is 0 Å². The van der Waals surface area contributed by atoms with Crippen molar-refractivity contribution in [1.29, 1.82) is 0 Å². The maximum atomic E-state index is 2.24. The van der Waals surface area contributed by atoms with Crippen molar-refractivity contribution in [3.05, 3.63) is 41.3 Å². The van der Waals surface area contributed by atoms with Crippen LogP contribution in [0.4, 0.5) is 0 Å². The van der Waals surface area contributed by atoms with Gasteiger partial charge in [-0.05, 0) is 11.0 Å². The molecule has 0 saturated carbocycles. The highest BCUT2D eigenvalue weighted by molar-refractivity contribution is 8.25. The van der Waals surface area contributed by atoms with E-state index in [1.165, 1.54) is 15.6 Å². The summed E-state index contributed by atoms with van der Waals surface area (Å²) in [5.41, 5.74) is 1.35. The van der Waals surface area contributed by atoms with Crippen molar-refractivity contribution < 1.29 is 0 Å². The first kappa shape index (κ1) is 13.2. The third-order valence-electron chi connectivity index (χ3n) is 1.53. The van der Waals surface area contributed by atoms with Crippen LogP contribution in [0, 0.1) is 0 Å². The summed E-state index contributed by atoms with van der Waals surface area (Å²) in [6.45, 7) is 0. The molecule has 13 heavy (non-hydrogen) atoms. The van der Waals surface area contributed by atoms with Crippen LogP contribution < -0.4 is 0 Å². The largest absolute Gasteiger partial charge is 0.147 e. The lowest BCUT2D eigenvalue weighted by Crippen LogP contribution is -1.73. The van der Waals surface area contributed by atoms with E-state index in [1.807, 2.05) is 23.5 Å². The van der Waals surface area contributed by atoms with E-state index in [0.717, 1.165) is 0 Å². The summed E-state index contributed by atoms with van der Waals surface area (Å²) < 4.78 is 0. The molecule has 0 fully saturated rings. The predicted octanol–water partition coefficient (Wildman–Crippen LogP) is 4.27. The van der Waals surface area contributed by atoms with Gasteiger partial charge in [-0.15, -0.1) is 48.3 Å². The van der Waals surface area contributed by atoms with Gasteiger partial charge in [0.2, 0.25) is 0 Å². The van der Waals surface area contributed by atoms with E-state index >= 15 is 0 Å². The zero-order valence-electron chi connectivity index (χ0n) is 6.80. The molecule has 0 N–H and O–H groups in total. The van der Waals surface area contributed by atoms with Gasteiger partial charge in [0.15, 0.2) is 0 Å². The Kier molecular flexibility index (Phi) is 6.78. The average Bonchev–Trinajstić information content (AvgIpc) is 2.58. The number of hydrogen-bond acceptors (Lipinski definition) is 2. The molecular formula is C9H10Cl2S2. The SMILES string of the molecule is C1=C(c2ccccc2)SCS1.Cl.Cl. The van der Waals surface area contributed by atoms with Crippen LogP contribution in [0.25, 0.3) is 4.91 Å². The summed E-state index contributed by atoms with van der Waals surface area (Å²) in [7, 11) is 0. The molecule has 0 saturated heterocycles. The quantitative estimate of drug-likeness (QED) is 0.733. The zero-order valence-corrected chi connectivity index (χ0v) is 10.1. The van der Waals surface area contributed by atoms with Crippen molar-refractivity contribution >= 4 is 53.2 Å². The minimum Gasteiger partial charge on any atom is -0.147 e. The van der Waals surface area contributed by atoms with Gasteiger partial charge in [-0.3, -0.25) is 0 Å². The Morgan fingerprint density at radius 1 is 1.00 bits per heavy atom. The third kappa shape index (κ3) is 3.47. The summed E-state index contributed by atoms with van der Waals surface area (Å²) in [5.74, 6) is 0. The number of thioether (sulfide) groups is 2. The van der Waals surface area contributed by atoms with E-state index in [2.05, 4.69) is 35.7 Å². The van der Waals surface area contributed by atoms with E-state index in [1.54, 1.807) is 0 Å².